The molecule has 1 aliphatic rings. The van der Waals surface area contributed by atoms with Gasteiger partial charge in [0.15, 0.2) is 5.58 Å². The molecule has 2 aromatic heterocycles. The van der Waals surface area contributed by atoms with E-state index in [1.807, 2.05) is 29.6 Å². The molecule has 0 spiro atoms. The van der Waals surface area contributed by atoms with Crippen molar-refractivity contribution in [1.29, 1.82) is 0 Å². The normalized spacial score (nSPS) is 14.5. The summed E-state index contributed by atoms with van der Waals surface area (Å²) in [4.78, 5) is 23.7. The molecule has 24 heavy (non-hydrogen) atoms. The lowest BCUT2D eigenvalue weighted by atomic mass is 10.1. The molecule has 4 rings (SSSR count). The highest BCUT2D eigenvalue weighted by atomic mass is 32.1. The van der Waals surface area contributed by atoms with Crippen LogP contribution in [0, 0.1) is 5.92 Å². The highest BCUT2D eigenvalue weighted by Gasteiger charge is 2.38. The summed E-state index contributed by atoms with van der Waals surface area (Å²) < 4.78 is 5.82. The van der Waals surface area contributed by atoms with Crippen molar-refractivity contribution >= 4 is 34.4 Å². The first kappa shape index (κ1) is 15.3. The highest BCUT2D eigenvalue weighted by Crippen LogP contribution is 2.34. The molecule has 0 bridgehead atoms. The minimum Gasteiger partial charge on any atom is -0.423 e. The van der Waals surface area contributed by atoms with E-state index >= 15 is 0 Å². The smallest absolute Gasteiger partial charge is 0.305 e. The molecule has 3 aromatic rings. The maximum atomic E-state index is 13.0. The van der Waals surface area contributed by atoms with Gasteiger partial charge in [0.2, 0.25) is 0 Å². The van der Waals surface area contributed by atoms with Gasteiger partial charge in [-0.15, -0.1) is 11.3 Å². The second-order valence-corrected chi connectivity index (χ2v) is 7.54. The first-order valence-corrected chi connectivity index (χ1v) is 9.13. The summed E-state index contributed by atoms with van der Waals surface area (Å²) in [7, 11) is 0. The van der Waals surface area contributed by atoms with Crippen LogP contribution in [0.3, 0.4) is 0 Å². The van der Waals surface area contributed by atoms with Gasteiger partial charge in [0.1, 0.15) is 11.2 Å². The summed E-state index contributed by atoms with van der Waals surface area (Å²) in [6, 6.07) is 8.12. The van der Waals surface area contributed by atoms with Crippen molar-refractivity contribution in [3.8, 4) is 0 Å². The lowest BCUT2D eigenvalue weighted by molar-refractivity contribution is 0.0976. The number of aromatic nitrogens is 2. The standard InChI is InChI=1S/C18H19N3O2S/c1-11(2)9-16-19-14(10-24-16)17(22)21(12-7-8-12)18-20-13-5-3-4-6-15(13)23-18/h3-6,10-12H,7-9H2,1-2H3. The summed E-state index contributed by atoms with van der Waals surface area (Å²) in [5, 5.41) is 2.85. The van der Waals surface area contributed by atoms with Crippen LogP contribution >= 0.6 is 11.3 Å². The second-order valence-electron chi connectivity index (χ2n) is 6.59. The van der Waals surface area contributed by atoms with E-state index in [1.165, 1.54) is 0 Å². The maximum Gasteiger partial charge on any atom is 0.305 e. The number of hydrogen-bond acceptors (Lipinski definition) is 5. The molecular weight excluding hydrogens is 322 g/mol. The van der Waals surface area contributed by atoms with Gasteiger partial charge in [-0.1, -0.05) is 26.0 Å². The number of nitrogens with zero attached hydrogens (tertiary/aromatic N) is 3. The number of oxazole rings is 1. The zero-order chi connectivity index (χ0) is 16.7. The molecule has 1 saturated carbocycles. The van der Waals surface area contributed by atoms with E-state index in [1.54, 1.807) is 16.2 Å². The van der Waals surface area contributed by atoms with Crippen LogP contribution in [0.15, 0.2) is 34.1 Å². The number of carbonyl (C=O) groups is 1. The Hall–Kier alpha value is -2.21. The van der Waals surface area contributed by atoms with E-state index in [0.717, 1.165) is 29.8 Å². The number of para-hydroxylation sites is 2. The lowest BCUT2D eigenvalue weighted by Crippen LogP contribution is -2.33. The van der Waals surface area contributed by atoms with Crippen LogP contribution in [0.25, 0.3) is 11.1 Å². The number of anilines is 1. The average molecular weight is 341 g/mol. The average Bonchev–Trinajstić information content (AvgIpc) is 3.10. The predicted octanol–water partition coefficient (Wildman–Crippen LogP) is 4.29. The zero-order valence-corrected chi connectivity index (χ0v) is 14.5. The second kappa shape index (κ2) is 6.02. The first-order valence-electron chi connectivity index (χ1n) is 8.25. The van der Waals surface area contributed by atoms with Crippen molar-refractivity contribution < 1.29 is 9.21 Å². The molecule has 0 aliphatic heterocycles. The number of fused-ring (bicyclic) bond motifs is 1. The van der Waals surface area contributed by atoms with E-state index < -0.39 is 0 Å². The molecule has 0 N–H and O–H groups in total. The van der Waals surface area contributed by atoms with Crippen LogP contribution in [0.1, 0.15) is 42.2 Å². The van der Waals surface area contributed by atoms with Gasteiger partial charge in [-0.05, 0) is 30.9 Å². The van der Waals surface area contributed by atoms with Crippen molar-refractivity contribution in [2.24, 2.45) is 5.92 Å². The molecule has 0 radical (unpaired) electrons. The molecule has 1 aliphatic carbocycles. The monoisotopic (exact) mass is 341 g/mol. The minimum atomic E-state index is -0.115. The van der Waals surface area contributed by atoms with Crippen molar-refractivity contribution in [2.75, 3.05) is 4.90 Å². The molecule has 1 amide bonds. The van der Waals surface area contributed by atoms with E-state index in [2.05, 4.69) is 23.8 Å². The Morgan fingerprint density at radius 3 is 2.83 bits per heavy atom. The summed E-state index contributed by atoms with van der Waals surface area (Å²) >= 11 is 1.55. The zero-order valence-electron chi connectivity index (χ0n) is 13.7. The number of rotatable bonds is 5. The topological polar surface area (TPSA) is 59.2 Å². The molecule has 124 valence electrons. The molecule has 2 heterocycles. The van der Waals surface area contributed by atoms with Crippen LogP contribution in [0.5, 0.6) is 0 Å². The van der Waals surface area contributed by atoms with Gasteiger partial charge in [-0.3, -0.25) is 9.69 Å². The molecule has 5 nitrogen and oxygen atoms in total. The fraction of sp³-hybridized carbons (Fsp3) is 0.389. The number of thiazole rings is 1. The van der Waals surface area contributed by atoms with Crippen LogP contribution in [-0.4, -0.2) is 21.9 Å². The minimum absolute atomic E-state index is 0.115. The number of amides is 1. The van der Waals surface area contributed by atoms with Gasteiger partial charge in [0.05, 0.1) is 5.01 Å². The molecule has 1 aromatic carbocycles. The maximum absolute atomic E-state index is 13.0. The summed E-state index contributed by atoms with van der Waals surface area (Å²) in [5.74, 6) is 0.408. The van der Waals surface area contributed by atoms with Crippen LogP contribution in [0.2, 0.25) is 0 Å². The molecule has 1 fully saturated rings. The van der Waals surface area contributed by atoms with Crippen LogP contribution in [0.4, 0.5) is 6.01 Å². The van der Waals surface area contributed by atoms with E-state index in [-0.39, 0.29) is 11.9 Å². The Morgan fingerprint density at radius 2 is 2.12 bits per heavy atom. The van der Waals surface area contributed by atoms with Gasteiger partial charge in [0.25, 0.3) is 5.91 Å². The third-order valence-corrected chi connectivity index (χ3v) is 4.84. The fourth-order valence-corrected chi connectivity index (χ4v) is 3.66. The summed E-state index contributed by atoms with van der Waals surface area (Å²) in [6.07, 6.45) is 2.85. The Labute approximate surface area is 144 Å². The molecule has 0 atom stereocenters. The Bertz CT molecular complexity index is 846. The SMILES string of the molecule is CC(C)Cc1nc(C(=O)N(c2nc3ccccc3o2)C2CC2)cs1. The highest BCUT2D eigenvalue weighted by molar-refractivity contribution is 7.09. The molecule has 6 heteroatoms. The molecule has 0 saturated heterocycles. The van der Waals surface area contributed by atoms with Crippen molar-refractivity contribution in [1.82, 2.24) is 9.97 Å². The number of hydrogen-bond donors (Lipinski definition) is 0. The van der Waals surface area contributed by atoms with Crippen molar-refractivity contribution in [3.63, 3.8) is 0 Å². The van der Waals surface area contributed by atoms with E-state index in [4.69, 9.17) is 4.42 Å². The Morgan fingerprint density at radius 1 is 1.33 bits per heavy atom. The third kappa shape index (κ3) is 2.94. The molecular formula is C18H19N3O2S. The van der Waals surface area contributed by atoms with Crippen molar-refractivity contribution in [2.45, 2.75) is 39.2 Å². The number of benzene rings is 1. The fourth-order valence-electron chi connectivity index (χ4n) is 2.68. The molecule has 0 unspecified atom stereocenters. The Balaban J connectivity index is 1.65. The van der Waals surface area contributed by atoms with Gasteiger partial charge in [-0.25, -0.2) is 4.98 Å². The quantitative estimate of drug-likeness (QED) is 0.694. The summed E-state index contributed by atoms with van der Waals surface area (Å²) in [6.45, 7) is 4.30. The summed E-state index contributed by atoms with van der Waals surface area (Å²) in [5.41, 5.74) is 1.96. The third-order valence-electron chi connectivity index (χ3n) is 3.97. The van der Waals surface area contributed by atoms with Gasteiger partial charge in [-0.2, -0.15) is 4.98 Å². The first-order chi connectivity index (χ1) is 11.6. The van der Waals surface area contributed by atoms with Crippen LogP contribution in [-0.2, 0) is 6.42 Å². The van der Waals surface area contributed by atoms with Gasteiger partial charge in [0, 0.05) is 17.8 Å². The predicted molar refractivity (Wildman–Crippen MR) is 94.5 cm³/mol. The van der Waals surface area contributed by atoms with E-state index in [9.17, 15) is 4.79 Å². The Kier molecular flexibility index (Phi) is 3.84. The number of carbonyl (C=O) groups excluding carboxylic acids is 1. The van der Waals surface area contributed by atoms with Crippen molar-refractivity contribution in [3.05, 3.63) is 40.3 Å². The van der Waals surface area contributed by atoms with Gasteiger partial charge < -0.3 is 4.42 Å². The van der Waals surface area contributed by atoms with Crippen LogP contribution < -0.4 is 4.90 Å². The van der Waals surface area contributed by atoms with E-state index in [0.29, 0.717) is 23.2 Å². The lowest BCUT2D eigenvalue weighted by Gasteiger charge is -2.16. The largest absolute Gasteiger partial charge is 0.423 e. The van der Waals surface area contributed by atoms with Gasteiger partial charge >= 0.3 is 6.01 Å².